The Morgan fingerprint density at radius 3 is 2.86 bits per heavy atom. The van der Waals surface area contributed by atoms with Crippen LogP contribution < -0.4 is 10.1 Å². The van der Waals surface area contributed by atoms with Gasteiger partial charge in [-0.2, -0.15) is 0 Å². The Morgan fingerprint density at radius 2 is 2.07 bits per heavy atom. The number of para-hydroxylation sites is 1. The van der Waals surface area contributed by atoms with E-state index in [2.05, 4.69) is 10.3 Å². The Kier molecular flexibility index (Phi) is 5.01. The fourth-order valence-electron chi connectivity index (χ4n) is 3.26. The molecule has 6 heteroatoms. The minimum atomic E-state index is -0.718. The van der Waals surface area contributed by atoms with E-state index in [1.54, 1.807) is 6.07 Å². The molecular weight excluding hydrogens is 379 g/mol. The molecule has 142 valence electrons. The van der Waals surface area contributed by atoms with Crippen molar-refractivity contribution in [3.63, 3.8) is 0 Å². The molecule has 0 radical (unpaired) electrons. The van der Waals surface area contributed by atoms with Crippen LogP contribution in [-0.2, 0) is 6.42 Å². The number of amides is 1. The van der Waals surface area contributed by atoms with Crippen molar-refractivity contribution in [1.82, 2.24) is 10.3 Å². The number of hydrogen-bond donors (Lipinski definition) is 1. The highest BCUT2D eigenvalue weighted by atomic mass is 35.5. The van der Waals surface area contributed by atoms with Crippen molar-refractivity contribution < 1.29 is 13.9 Å². The second kappa shape index (κ2) is 7.60. The van der Waals surface area contributed by atoms with E-state index in [9.17, 15) is 9.18 Å². The Morgan fingerprint density at radius 1 is 1.25 bits per heavy atom. The Bertz CT molecular complexity index is 1040. The van der Waals surface area contributed by atoms with Gasteiger partial charge in [-0.25, -0.2) is 4.39 Å². The summed E-state index contributed by atoms with van der Waals surface area (Å²) in [5, 5.41) is 2.66. The molecule has 28 heavy (non-hydrogen) atoms. The predicted octanol–water partition coefficient (Wildman–Crippen LogP) is 4.58. The van der Waals surface area contributed by atoms with E-state index in [-0.39, 0.29) is 23.2 Å². The Labute approximate surface area is 167 Å². The molecule has 4 nitrogen and oxygen atoms in total. The molecule has 0 unspecified atom stereocenters. The van der Waals surface area contributed by atoms with Crippen LogP contribution in [0.5, 0.6) is 5.75 Å². The van der Waals surface area contributed by atoms with Gasteiger partial charge in [0.05, 0.1) is 22.8 Å². The summed E-state index contributed by atoms with van der Waals surface area (Å²) in [6, 6.07) is 14.3. The monoisotopic (exact) mass is 396 g/mol. The van der Waals surface area contributed by atoms with Crippen molar-refractivity contribution in [3.05, 3.63) is 82.3 Å². The molecule has 2 aromatic carbocycles. The molecule has 1 amide bonds. The summed E-state index contributed by atoms with van der Waals surface area (Å²) in [4.78, 5) is 16.8. The molecule has 0 fully saturated rings. The number of hydrogen-bond acceptors (Lipinski definition) is 3. The third kappa shape index (κ3) is 3.58. The first-order valence-corrected chi connectivity index (χ1v) is 9.34. The fourth-order valence-corrected chi connectivity index (χ4v) is 3.44. The number of benzene rings is 2. The first-order valence-electron chi connectivity index (χ1n) is 8.96. The van der Waals surface area contributed by atoms with Gasteiger partial charge in [0, 0.05) is 18.2 Å². The molecular formula is C22H18ClFN2O2. The highest BCUT2D eigenvalue weighted by Gasteiger charge is 2.27. The van der Waals surface area contributed by atoms with E-state index < -0.39 is 11.7 Å². The second-order valence-corrected chi connectivity index (χ2v) is 7.18. The van der Waals surface area contributed by atoms with Crippen LogP contribution in [0, 0.1) is 12.7 Å². The van der Waals surface area contributed by atoms with Crippen LogP contribution in [0.4, 0.5) is 4.39 Å². The molecule has 1 aliphatic heterocycles. The molecule has 0 bridgehead atoms. The summed E-state index contributed by atoms with van der Waals surface area (Å²) >= 11 is 5.75. The van der Waals surface area contributed by atoms with Crippen LogP contribution in [0.3, 0.4) is 0 Å². The van der Waals surface area contributed by atoms with Crippen LogP contribution in [0.2, 0.25) is 5.02 Å². The molecule has 4 rings (SSSR count). The third-order valence-corrected chi connectivity index (χ3v) is 4.99. The number of rotatable bonds is 4. The number of pyridine rings is 1. The maximum absolute atomic E-state index is 14.0. The number of carbonyl (C=O) groups is 1. The van der Waals surface area contributed by atoms with Gasteiger partial charge in [0.2, 0.25) is 0 Å². The van der Waals surface area contributed by atoms with Gasteiger partial charge in [-0.05, 0) is 42.3 Å². The van der Waals surface area contributed by atoms with E-state index >= 15 is 0 Å². The van der Waals surface area contributed by atoms with E-state index in [4.69, 9.17) is 16.3 Å². The van der Waals surface area contributed by atoms with Crippen molar-refractivity contribution in [1.29, 1.82) is 0 Å². The van der Waals surface area contributed by atoms with E-state index in [1.807, 2.05) is 43.5 Å². The lowest BCUT2D eigenvalue weighted by atomic mass is 10.0. The van der Waals surface area contributed by atoms with Gasteiger partial charge in [-0.15, -0.1) is 0 Å². The smallest absolute Gasteiger partial charge is 0.254 e. The average Bonchev–Trinajstić information content (AvgIpc) is 3.12. The zero-order valence-corrected chi connectivity index (χ0v) is 16.0. The SMILES string of the molecule is Cc1ccc(-c2cccc3c2O[C@H](CNC(=O)c2cccc(Cl)c2F)C3)nc1. The van der Waals surface area contributed by atoms with E-state index in [0.29, 0.717) is 6.42 Å². The molecule has 2 heterocycles. The van der Waals surface area contributed by atoms with Crippen molar-refractivity contribution in [2.75, 3.05) is 6.54 Å². The lowest BCUT2D eigenvalue weighted by Gasteiger charge is -2.14. The zero-order chi connectivity index (χ0) is 19.7. The Hall–Kier alpha value is -2.92. The fraction of sp³-hybridized carbons (Fsp3) is 0.182. The minimum Gasteiger partial charge on any atom is -0.487 e. The van der Waals surface area contributed by atoms with Crippen LogP contribution in [0.15, 0.2) is 54.7 Å². The third-order valence-electron chi connectivity index (χ3n) is 4.70. The number of halogens is 2. The summed E-state index contributed by atoms with van der Waals surface area (Å²) < 4.78 is 20.1. The number of ether oxygens (including phenoxy) is 1. The molecule has 0 spiro atoms. The van der Waals surface area contributed by atoms with Crippen LogP contribution >= 0.6 is 11.6 Å². The first-order chi connectivity index (χ1) is 13.5. The van der Waals surface area contributed by atoms with Crippen LogP contribution in [-0.4, -0.2) is 23.5 Å². The van der Waals surface area contributed by atoms with Crippen molar-refractivity contribution in [3.8, 4) is 17.0 Å². The van der Waals surface area contributed by atoms with Crippen molar-refractivity contribution in [2.24, 2.45) is 0 Å². The van der Waals surface area contributed by atoms with Gasteiger partial charge in [-0.1, -0.05) is 35.9 Å². The molecule has 1 aliphatic rings. The number of nitrogens with one attached hydrogen (secondary N) is 1. The largest absolute Gasteiger partial charge is 0.487 e. The quantitative estimate of drug-likeness (QED) is 0.702. The van der Waals surface area contributed by atoms with Gasteiger partial charge < -0.3 is 10.1 Å². The zero-order valence-electron chi connectivity index (χ0n) is 15.2. The Balaban J connectivity index is 1.47. The van der Waals surface area contributed by atoms with Crippen molar-refractivity contribution in [2.45, 2.75) is 19.4 Å². The molecule has 0 aliphatic carbocycles. The highest BCUT2D eigenvalue weighted by Crippen LogP contribution is 2.37. The molecule has 1 N–H and O–H groups in total. The van der Waals surface area contributed by atoms with Crippen molar-refractivity contribution >= 4 is 17.5 Å². The minimum absolute atomic E-state index is 0.0763. The van der Waals surface area contributed by atoms with Gasteiger partial charge >= 0.3 is 0 Å². The highest BCUT2D eigenvalue weighted by molar-refractivity contribution is 6.31. The number of nitrogens with zero attached hydrogens (tertiary/aromatic N) is 1. The summed E-state index contributed by atoms with van der Waals surface area (Å²) in [6.45, 7) is 2.25. The molecule has 1 atom stereocenters. The van der Waals surface area contributed by atoms with Gasteiger partial charge in [0.15, 0.2) is 5.82 Å². The number of fused-ring (bicyclic) bond motifs is 1. The molecule has 0 saturated heterocycles. The topological polar surface area (TPSA) is 51.2 Å². The maximum atomic E-state index is 14.0. The van der Waals surface area contributed by atoms with Crippen LogP contribution in [0.1, 0.15) is 21.5 Å². The summed E-state index contributed by atoms with van der Waals surface area (Å²) in [5.41, 5.74) is 3.84. The maximum Gasteiger partial charge on any atom is 0.254 e. The number of aromatic nitrogens is 1. The van der Waals surface area contributed by atoms with E-state index in [0.717, 1.165) is 28.1 Å². The summed E-state index contributed by atoms with van der Waals surface area (Å²) in [5.74, 6) is -0.447. The van der Waals surface area contributed by atoms with Gasteiger partial charge in [0.1, 0.15) is 11.9 Å². The lowest BCUT2D eigenvalue weighted by molar-refractivity contribution is 0.0929. The average molecular weight is 397 g/mol. The molecule has 3 aromatic rings. The predicted molar refractivity (Wildman–Crippen MR) is 106 cm³/mol. The number of carbonyl (C=O) groups excluding carboxylic acids is 1. The summed E-state index contributed by atoms with van der Waals surface area (Å²) in [6.07, 6.45) is 2.25. The normalized spacial score (nSPS) is 15.0. The van der Waals surface area contributed by atoms with Gasteiger partial charge in [-0.3, -0.25) is 9.78 Å². The first kappa shape index (κ1) is 18.4. The van der Waals surface area contributed by atoms with Crippen LogP contribution in [0.25, 0.3) is 11.3 Å². The van der Waals surface area contributed by atoms with E-state index in [1.165, 1.54) is 12.1 Å². The standard InChI is InChI=1S/C22H18ClFN2O2/c1-13-8-9-19(25-11-13)16-5-2-4-14-10-15(28-21(14)16)12-26-22(27)17-6-3-7-18(23)20(17)24/h2-9,11,15H,10,12H2,1H3,(H,26,27)/t15-/m0/s1. The second-order valence-electron chi connectivity index (χ2n) is 6.77. The number of aryl methyl sites for hydroxylation is 1. The van der Waals surface area contributed by atoms with Gasteiger partial charge in [0.25, 0.3) is 5.91 Å². The molecule has 1 aromatic heterocycles. The summed E-state index contributed by atoms with van der Waals surface area (Å²) in [7, 11) is 0. The molecule has 0 saturated carbocycles. The lowest BCUT2D eigenvalue weighted by Crippen LogP contribution is -2.34.